The summed E-state index contributed by atoms with van der Waals surface area (Å²) < 4.78 is 0. The molecule has 8 heteroatoms. The van der Waals surface area contributed by atoms with E-state index < -0.39 is 12.2 Å². The van der Waals surface area contributed by atoms with Crippen molar-refractivity contribution in [2.24, 2.45) is 10.9 Å². The van der Waals surface area contributed by atoms with Crippen molar-refractivity contribution >= 4 is 46.1 Å². The number of thiophene rings is 1. The lowest BCUT2D eigenvalue weighted by Gasteiger charge is -2.25. The summed E-state index contributed by atoms with van der Waals surface area (Å²) in [5.74, 6) is -0.109. The maximum atomic E-state index is 13.9. The minimum atomic E-state index is -1.12. The van der Waals surface area contributed by atoms with E-state index in [4.69, 9.17) is 4.99 Å². The second kappa shape index (κ2) is 10.9. The predicted molar refractivity (Wildman–Crippen MR) is 145 cm³/mol. The molecule has 7 nitrogen and oxygen atoms in total. The van der Waals surface area contributed by atoms with Crippen LogP contribution in [0.3, 0.4) is 0 Å². The highest BCUT2D eigenvalue weighted by molar-refractivity contribution is 7.12. The van der Waals surface area contributed by atoms with Crippen LogP contribution in [0.25, 0.3) is 0 Å². The summed E-state index contributed by atoms with van der Waals surface area (Å²) in [7, 11) is 0. The average Bonchev–Trinajstić information content (AvgIpc) is 3.26. The number of nitrogens with zero attached hydrogens (tertiary/aromatic N) is 2. The first-order chi connectivity index (χ1) is 17.2. The number of Topliss-reactive ketones (excluding diaryl/α,β-unsaturated/α-hetero) is 1. The maximum absolute atomic E-state index is 13.9. The summed E-state index contributed by atoms with van der Waals surface area (Å²) in [6.45, 7) is 7.85. The first-order valence-electron chi connectivity index (χ1n) is 11.9. The van der Waals surface area contributed by atoms with Gasteiger partial charge < -0.3 is 15.5 Å². The second-order valence-electron chi connectivity index (χ2n) is 9.32. The fraction of sp³-hybridized carbons (Fsp3) is 0.286. The lowest BCUT2D eigenvalue weighted by Crippen LogP contribution is -2.48. The van der Waals surface area contributed by atoms with Gasteiger partial charge in [0.2, 0.25) is 6.17 Å². The highest BCUT2D eigenvalue weighted by Crippen LogP contribution is 2.31. The number of benzene rings is 2. The second-order valence-corrected chi connectivity index (χ2v) is 10.2. The Morgan fingerprint density at radius 2 is 1.89 bits per heavy atom. The molecule has 0 saturated heterocycles. The molecule has 1 aliphatic rings. The molecule has 2 N–H and O–H groups in total. The van der Waals surface area contributed by atoms with Crippen LogP contribution < -0.4 is 15.5 Å². The third-order valence-electron chi connectivity index (χ3n) is 5.83. The number of carbonyl (C=O) groups is 3. The average molecular weight is 503 g/mol. The van der Waals surface area contributed by atoms with Gasteiger partial charge in [-0.15, -0.1) is 11.3 Å². The number of aliphatic imine (C=N–C) groups is 1. The van der Waals surface area contributed by atoms with E-state index >= 15 is 0 Å². The molecule has 0 saturated carbocycles. The molecule has 2 aromatic carbocycles. The molecule has 0 radical (unpaired) electrons. The van der Waals surface area contributed by atoms with Crippen molar-refractivity contribution in [1.82, 2.24) is 5.32 Å². The Kier molecular flexibility index (Phi) is 7.64. The van der Waals surface area contributed by atoms with Gasteiger partial charge in [-0.3, -0.25) is 14.6 Å². The van der Waals surface area contributed by atoms with E-state index in [1.54, 1.807) is 11.0 Å². The molecule has 2 heterocycles. The minimum absolute atomic E-state index is 0.0421. The Hall–Kier alpha value is -3.78. The van der Waals surface area contributed by atoms with E-state index in [2.05, 4.69) is 24.5 Å². The summed E-state index contributed by atoms with van der Waals surface area (Å²) in [6.07, 6.45) is -0.470. The number of aryl methyl sites for hydroxylation is 1. The number of para-hydroxylation sites is 1. The van der Waals surface area contributed by atoms with Crippen LogP contribution in [-0.2, 0) is 11.3 Å². The molecule has 3 aromatic rings. The molecule has 0 bridgehead atoms. The van der Waals surface area contributed by atoms with Crippen LogP contribution in [0.1, 0.15) is 53.6 Å². The van der Waals surface area contributed by atoms with Gasteiger partial charge in [-0.2, -0.15) is 0 Å². The zero-order valence-electron chi connectivity index (χ0n) is 20.9. The molecule has 1 aliphatic heterocycles. The van der Waals surface area contributed by atoms with Crippen LogP contribution in [0, 0.1) is 12.8 Å². The van der Waals surface area contributed by atoms with Crippen LogP contribution in [0.5, 0.6) is 0 Å². The number of carbonyl (C=O) groups excluding carboxylic acids is 3. The number of hydrogen-bond donors (Lipinski definition) is 2. The number of rotatable bonds is 7. The first-order valence-corrected chi connectivity index (χ1v) is 12.8. The summed E-state index contributed by atoms with van der Waals surface area (Å²) in [4.78, 5) is 46.0. The van der Waals surface area contributed by atoms with Gasteiger partial charge in [0.25, 0.3) is 5.91 Å². The normalized spacial score (nSPS) is 15.2. The number of amides is 3. The minimum Gasteiger partial charge on any atom is -0.308 e. The largest absolute Gasteiger partial charge is 0.321 e. The van der Waals surface area contributed by atoms with Gasteiger partial charge in [-0.05, 0) is 67.0 Å². The van der Waals surface area contributed by atoms with Crippen LogP contribution in [-0.4, -0.2) is 29.6 Å². The van der Waals surface area contributed by atoms with Gasteiger partial charge in [0.1, 0.15) is 0 Å². The van der Waals surface area contributed by atoms with E-state index in [1.807, 2.05) is 60.8 Å². The van der Waals surface area contributed by atoms with Gasteiger partial charge in [0.15, 0.2) is 5.78 Å². The molecule has 3 amide bonds. The smallest absolute Gasteiger partial charge is 0.308 e. The topological polar surface area (TPSA) is 90.9 Å². The zero-order valence-corrected chi connectivity index (χ0v) is 21.7. The lowest BCUT2D eigenvalue weighted by atomic mass is 9.98. The quantitative estimate of drug-likeness (QED) is 0.401. The van der Waals surface area contributed by atoms with Gasteiger partial charge in [-0.1, -0.05) is 44.2 Å². The van der Waals surface area contributed by atoms with Crippen molar-refractivity contribution in [1.29, 1.82) is 0 Å². The fourth-order valence-electron chi connectivity index (χ4n) is 4.26. The summed E-state index contributed by atoms with van der Waals surface area (Å²) in [5, 5.41) is 7.42. The third-order valence-corrected chi connectivity index (χ3v) is 6.89. The summed E-state index contributed by atoms with van der Waals surface area (Å²) >= 11 is 1.36. The molecule has 1 unspecified atom stereocenters. The molecule has 186 valence electrons. The Labute approximate surface area is 215 Å². The van der Waals surface area contributed by atoms with Crippen molar-refractivity contribution in [3.05, 3.63) is 81.5 Å². The maximum Gasteiger partial charge on any atom is 0.321 e. The highest BCUT2D eigenvalue weighted by atomic mass is 32.1. The van der Waals surface area contributed by atoms with Crippen LogP contribution >= 0.6 is 11.3 Å². The number of nitrogens with one attached hydrogen (secondary N) is 2. The molecule has 0 fully saturated rings. The summed E-state index contributed by atoms with van der Waals surface area (Å²) in [5.41, 5.74) is 4.73. The van der Waals surface area contributed by atoms with Crippen molar-refractivity contribution in [2.45, 2.75) is 46.8 Å². The summed E-state index contributed by atoms with van der Waals surface area (Å²) in [6, 6.07) is 16.4. The number of ketones is 1. The van der Waals surface area contributed by atoms with Crippen molar-refractivity contribution in [2.75, 3.05) is 10.2 Å². The molecule has 1 atom stereocenters. The molecular weight excluding hydrogens is 472 g/mol. The SMILES string of the molecule is CC(=O)c1sccc1CN1C(=O)C(NC(=O)Nc2cccc(C)c2)N=C(CC(C)C)c2ccccc21. The Morgan fingerprint density at radius 3 is 2.61 bits per heavy atom. The molecule has 4 rings (SSSR count). The van der Waals surface area contributed by atoms with Crippen LogP contribution in [0.15, 0.2) is 65.0 Å². The van der Waals surface area contributed by atoms with E-state index in [9.17, 15) is 14.4 Å². The van der Waals surface area contributed by atoms with Gasteiger partial charge in [-0.25, -0.2) is 4.79 Å². The van der Waals surface area contributed by atoms with Crippen LogP contribution in [0.4, 0.5) is 16.2 Å². The molecule has 1 aromatic heterocycles. The van der Waals surface area contributed by atoms with Crippen molar-refractivity contribution in [3.8, 4) is 0 Å². The number of urea groups is 1. The number of anilines is 2. The van der Waals surface area contributed by atoms with Crippen molar-refractivity contribution in [3.63, 3.8) is 0 Å². The Balaban J connectivity index is 1.71. The van der Waals surface area contributed by atoms with Crippen molar-refractivity contribution < 1.29 is 14.4 Å². The predicted octanol–water partition coefficient (Wildman–Crippen LogP) is 5.79. The Bertz CT molecular complexity index is 1330. The van der Waals surface area contributed by atoms with Gasteiger partial charge in [0.05, 0.1) is 17.1 Å². The zero-order chi connectivity index (χ0) is 25.8. The van der Waals surface area contributed by atoms with E-state index in [-0.39, 0.29) is 18.2 Å². The number of fused-ring (bicyclic) bond motifs is 1. The van der Waals surface area contributed by atoms with Crippen LogP contribution in [0.2, 0.25) is 0 Å². The monoisotopic (exact) mass is 502 g/mol. The Morgan fingerprint density at radius 1 is 1.11 bits per heavy atom. The fourth-order valence-corrected chi connectivity index (χ4v) is 5.08. The third kappa shape index (κ3) is 5.71. The van der Waals surface area contributed by atoms with Gasteiger partial charge >= 0.3 is 6.03 Å². The molecular formula is C28H30N4O3S. The number of benzodiazepines with no additional fused rings is 1. The first kappa shape index (κ1) is 25.3. The van der Waals surface area contributed by atoms with E-state index in [0.29, 0.717) is 28.6 Å². The van der Waals surface area contributed by atoms with E-state index in [0.717, 1.165) is 22.4 Å². The number of hydrogen-bond acceptors (Lipinski definition) is 5. The standard InChI is InChI=1S/C28H30N4O3S/c1-17(2)14-23-22-10-5-6-11-24(22)32(16-20-12-13-36-25(20)19(4)33)27(34)26(30-23)31-28(35)29-21-9-7-8-18(3)15-21/h5-13,15,17,26H,14,16H2,1-4H3,(H2,29,31,35). The molecule has 0 spiro atoms. The van der Waals surface area contributed by atoms with Gasteiger partial charge in [0, 0.05) is 17.0 Å². The molecule has 0 aliphatic carbocycles. The highest BCUT2D eigenvalue weighted by Gasteiger charge is 2.33. The molecule has 36 heavy (non-hydrogen) atoms. The van der Waals surface area contributed by atoms with E-state index in [1.165, 1.54) is 18.3 Å². The lowest BCUT2D eigenvalue weighted by molar-refractivity contribution is -0.120.